The van der Waals surface area contributed by atoms with Crippen LogP contribution in [-0.2, 0) is 4.79 Å². The van der Waals surface area contributed by atoms with Crippen LogP contribution in [0.25, 0.3) is 0 Å². The quantitative estimate of drug-likeness (QED) is 0.716. The number of rotatable bonds is 5. The number of amides is 1. The van der Waals surface area contributed by atoms with Crippen molar-refractivity contribution in [1.29, 1.82) is 0 Å². The Labute approximate surface area is 161 Å². The molecule has 0 bridgehead atoms. The Hall–Kier alpha value is -1.66. The van der Waals surface area contributed by atoms with E-state index in [9.17, 15) is 14.3 Å². The van der Waals surface area contributed by atoms with Gasteiger partial charge in [0, 0.05) is 29.3 Å². The van der Waals surface area contributed by atoms with Crippen LogP contribution in [0.2, 0.25) is 10.0 Å². The number of hydrogen-bond donors (Lipinski definition) is 3. The summed E-state index contributed by atoms with van der Waals surface area (Å²) in [5.74, 6) is -1.17. The van der Waals surface area contributed by atoms with E-state index in [1.54, 1.807) is 36.4 Å². The van der Waals surface area contributed by atoms with Gasteiger partial charge in [0.25, 0.3) is 0 Å². The van der Waals surface area contributed by atoms with Gasteiger partial charge in [0.2, 0.25) is 5.91 Å². The third-order valence-electron chi connectivity index (χ3n) is 4.59. The molecule has 3 rings (SSSR count). The minimum Gasteiger partial charge on any atom is -0.396 e. The highest BCUT2D eigenvalue weighted by atomic mass is 35.5. The van der Waals surface area contributed by atoms with E-state index in [1.165, 1.54) is 6.07 Å². The van der Waals surface area contributed by atoms with Gasteiger partial charge in [-0.25, -0.2) is 4.39 Å². The Bertz CT molecular complexity index is 803. The topological polar surface area (TPSA) is 61.4 Å². The summed E-state index contributed by atoms with van der Waals surface area (Å²) in [4.78, 5) is 12.8. The summed E-state index contributed by atoms with van der Waals surface area (Å²) in [7, 11) is 0. The molecule has 2 aromatic rings. The van der Waals surface area contributed by atoms with E-state index in [2.05, 4.69) is 10.6 Å². The predicted octanol–water partition coefficient (Wildman–Crippen LogP) is 3.97. The summed E-state index contributed by atoms with van der Waals surface area (Å²) in [6.07, 6.45) is 1.02. The SMILES string of the molecule is O=C(Nc1cccc(Cl)c1)C1N[C@@H](CCO)CC1c1cccc(Cl)c1F. The highest BCUT2D eigenvalue weighted by Crippen LogP contribution is 2.36. The van der Waals surface area contributed by atoms with E-state index in [0.717, 1.165) is 0 Å². The number of carbonyl (C=O) groups excluding carboxylic acids is 1. The fourth-order valence-corrected chi connectivity index (χ4v) is 3.77. The molecule has 3 N–H and O–H groups in total. The number of anilines is 1. The lowest BCUT2D eigenvalue weighted by Gasteiger charge is -2.20. The summed E-state index contributed by atoms with van der Waals surface area (Å²) in [6.45, 7) is -0.00888. The molecule has 0 spiro atoms. The monoisotopic (exact) mass is 396 g/mol. The summed E-state index contributed by atoms with van der Waals surface area (Å²) in [6, 6.07) is 10.9. The molecule has 1 fully saturated rings. The van der Waals surface area contributed by atoms with E-state index in [0.29, 0.717) is 29.1 Å². The van der Waals surface area contributed by atoms with Gasteiger partial charge in [-0.1, -0.05) is 41.4 Å². The third-order valence-corrected chi connectivity index (χ3v) is 5.12. The van der Waals surface area contributed by atoms with Crippen molar-refractivity contribution < 1.29 is 14.3 Å². The van der Waals surface area contributed by atoms with E-state index < -0.39 is 11.9 Å². The minimum atomic E-state index is -0.640. The molecule has 0 aliphatic carbocycles. The van der Waals surface area contributed by atoms with Crippen molar-refractivity contribution in [3.8, 4) is 0 Å². The van der Waals surface area contributed by atoms with Crippen molar-refractivity contribution in [2.45, 2.75) is 30.8 Å². The van der Waals surface area contributed by atoms with Crippen LogP contribution in [0.1, 0.15) is 24.3 Å². The van der Waals surface area contributed by atoms with E-state index in [4.69, 9.17) is 23.2 Å². The summed E-state index contributed by atoms with van der Waals surface area (Å²) in [5, 5.41) is 15.8. The number of carbonyl (C=O) groups is 1. The Morgan fingerprint density at radius 2 is 2.04 bits per heavy atom. The molecular weight excluding hydrogens is 378 g/mol. The van der Waals surface area contributed by atoms with Gasteiger partial charge in [0.1, 0.15) is 5.82 Å². The smallest absolute Gasteiger partial charge is 0.242 e. The molecule has 26 heavy (non-hydrogen) atoms. The zero-order valence-corrected chi connectivity index (χ0v) is 15.4. The normalized spacial score (nSPS) is 22.4. The maximum atomic E-state index is 14.5. The van der Waals surface area contributed by atoms with Gasteiger partial charge in [-0.3, -0.25) is 4.79 Å². The first-order valence-corrected chi connectivity index (χ1v) is 9.12. The van der Waals surface area contributed by atoms with Gasteiger partial charge in [0.05, 0.1) is 11.1 Å². The maximum Gasteiger partial charge on any atom is 0.242 e. The third kappa shape index (κ3) is 4.18. The standard InChI is InChI=1S/C19H19Cl2FN2O2/c20-11-3-1-4-12(9-11)24-19(26)18-15(10-13(23-18)7-8-25)14-5-2-6-16(21)17(14)22/h1-6,9,13,15,18,23,25H,7-8,10H2,(H,24,26)/t13-,15?,18?/m0/s1. The van der Waals surface area contributed by atoms with Gasteiger partial charge in [-0.2, -0.15) is 0 Å². The second-order valence-electron chi connectivity index (χ2n) is 6.34. The lowest BCUT2D eigenvalue weighted by atomic mass is 9.89. The first-order valence-electron chi connectivity index (χ1n) is 8.37. The molecule has 1 aliphatic heterocycles. The average Bonchev–Trinajstić information content (AvgIpc) is 3.01. The highest BCUT2D eigenvalue weighted by Gasteiger charge is 2.40. The molecular formula is C19H19Cl2FN2O2. The lowest BCUT2D eigenvalue weighted by Crippen LogP contribution is -2.41. The molecule has 1 aliphatic rings. The molecule has 1 amide bonds. The lowest BCUT2D eigenvalue weighted by molar-refractivity contribution is -0.118. The largest absolute Gasteiger partial charge is 0.396 e. The fraction of sp³-hybridized carbons (Fsp3) is 0.316. The Balaban J connectivity index is 1.86. The van der Waals surface area contributed by atoms with E-state index >= 15 is 0 Å². The Kier molecular flexibility index (Phi) is 6.14. The van der Waals surface area contributed by atoms with Crippen molar-refractivity contribution in [3.63, 3.8) is 0 Å². The van der Waals surface area contributed by atoms with Gasteiger partial charge in [-0.05, 0) is 42.7 Å². The van der Waals surface area contributed by atoms with Gasteiger partial charge in [-0.15, -0.1) is 0 Å². The van der Waals surface area contributed by atoms with Gasteiger partial charge >= 0.3 is 0 Å². The predicted molar refractivity (Wildman–Crippen MR) is 101 cm³/mol. The second-order valence-corrected chi connectivity index (χ2v) is 7.18. The molecule has 3 atom stereocenters. The molecule has 1 heterocycles. The minimum absolute atomic E-state index is 0.00888. The van der Waals surface area contributed by atoms with E-state index in [-0.39, 0.29) is 29.5 Å². The van der Waals surface area contributed by atoms with Crippen molar-refractivity contribution in [2.75, 3.05) is 11.9 Å². The molecule has 0 radical (unpaired) electrons. The molecule has 2 unspecified atom stereocenters. The van der Waals surface area contributed by atoms with E-state index in [1.807, 2.05) is 0 Å². The number of nitrogens with one attached hydrogen (secondary N) is 2. The first kappa shape index (κ1) is 19.1. The Morgan fingerprint density at radius 3 is 2.77 bits per heavy atom. The molecule has 1 saturated heterocycles. The van der Waals surface area contributed by atoms with Crippen LogP contribution in [0, 0.1) is 5.82 Å². The van der Waals surface area contributed by atoms with Crippen LogP contribution in [0.3, 0.4) is 0 Å². The van der Waals surface area contributed by atoms with Crippen LogP contribution >= 0.6 is 23.2 Å². The van der Waals surface area contributed by atoms with Crippen LogP contribution in [0.15, 0.2) is 42.5 Å². The molecule has 0 saturated carbocycles. The summed E-state index contributed by atoms with van der Waals surface area (Å²) < 4.78 is 14.5. The zero-order chi connectivity index (χ0) is 18.7. The van der Waals surface area contributed by atoms with Crippen LogP contribution < -0.4 is 10.6 Å². The number of aliphatic hydroxyl groups excluding tert-OH is 1. The highest BCUT2D eigenvalue weighted by molar-refractivity contribution is 6.31. The number of aliphatic hydroxyl groups is 1. The van der Waals surface area contributed by atoms with Crippen LogP contribution in [-0.4, -0.2) is 29.7 Å². The van der Waals surface area contributed by atoms with Gasteiger partial charge in [0.15, 0.2) is 0 Å². The number of halogens is 3. The summed E-state index contributed by atoms with van der Waals surface area (Å²) in [5.41, 5.74) is 0.969. The van der Waals surface area contributed by atoms with Gasteiger partial charge < -0.3 is 15.7 Å². The van der Waals surface area contributed by atoms with Crippen molar-refractivity contribution >= 4 is 34.8 Å². The molecule has 7 heteroatoms. The van der Waals surface area contributed by atoms with Crippen molar-refractivity contribution in [2.24, 2.45) is 0 Å². The Morgan fingerprint density at radius 1 is 1.27 bits per heavy atom. The fourth-order valence-electron chi connectivity index (χ4n) is 3.40. The summed E-state index contributed by atoms with van der Waals surface area (Å²) >= 11 is 11.9. The van der Waals surface area contributed by atoms with Crippen molar-refractivity contribution in [1.82, 2.24) is 5.32 Å². The maximum absolute atomic E-state index is 14.5. The first-order chi connectivity index (χ1) is 12.5. The average molecular weight is 397 g/mol. The zero-order valence-electron chi connectivity index (χ0n) is 13.9. The molecule has 4 nitrogen and oxygen atoms in total. The van der Waals surface area contributed by atoms with Crippen LogP contribution in [0.5, 0.6) is 0 Å². The number of hydrogen-bond acceptors (Lipinski definition) is 3. The van der Waals surface area contributed by atoms with Crippen LogP contribution in [0.4, 0.5) is 10.1 Å². The molecule has 138 valence electrons. The number of benzene rings is 2. The second kappa shape index (κ2) is 8.35. The molecule has 0 aromatic heterocycles. The van der Waals surface area contributed by atoms with Crippen molar-refractivity contribution in [3.05, 3.63) is 63.9 Å². The molecule has 2 aromatic carbocycles.